The van der Waals surface area contributed by atoms with Crippen LogP contribution in [0.2, 0.25) is 0 Å². The summed E-state index contributed by atoms with van der Waals surface area (Å²) in [4.78, 5) is 38.6. The van der Waals surface area contributed by atoms with E-state index in [1.807, 2.05) is 0 Å². The van der Waals surface area contributed by atoms with Crippen molar-refractivity contribution < 1.29 is 9.59 Å². The van der Waals surface area contributed by atoms with Gasteiger partial charge in [0.25, 0.3) is 0 Å². The van der Waals surface area contributed by atoms with Crippen LogP contribution in [0.5, 0.6) is 0 Å². The largest absolute Gasteiger partial charge is 0.382 e. The second-order valence-corrected chi connectivity index (χ2v) is 4.67. The molecule has 0 saturated carbocycles. The highest BCUT2D eigenvalue weighted by Crippen LogP contribution is 2.16. The van der Waals surface area contributed by atoms with Gasteiger partial charge in [-0.15, -0.1) is 0 Å². The van der Waals surface area contributed by atoms with Gasteiger partial charge >= 0.3 is 0 Å². The molecule has 9 heteroatoms. The van der Waals surface area contributed by atoms with Gasteiger partial charge in [0.05, 0.1) is 17.7 Å². The van der Waals surface area contributed by atoms with Crippen LogP contribution >= 0.6 is 0 Å². The van der Waals surface area contributed by atoms with Crippen molar-refractivity contribution >= 4 is 29.6 Å². The number of anilines is 1. The number of rotatable bonds is 3. The van der Waals surface area contributed by atoms with Crippen LogP contribution in [-0.4, -0.2) is 42.1 Å². The first-order valence-electron chi connectivity index (χ1n) is 6.91. The number of aromatic amines is 2. The van der Waals surface area contributed by atoms with Gasteiger partial charge in [0.15, 0.2) is 24.0 Å². The van der Waals surface area contributed by atoms with Crippen LogP contribution in [0.15, 0.2) is 43.0 Å². The number of hydrogen-bond acceptors (Lipinski definition) is 6. The molecule has 4 aromatic heterocycles. The number of nitrogens with zero attached hydrogens (tertiary/aromatic N) is 4. The molecule has 0 fully saturated rings. The van der Waals surface area contributed by atoms with E-state index in [1.54, 1.807) is 41.2 Å². The Morgan fingerprint density at radius 2 is 1.96 bits per heavy atom. The number of nitrogen functional groups attached to an aromatic ring is 1. The summed E-state index contributed by atoms with van der Waals surface area (Å²) in [5, 5.41) is 0. The molecule has 0 saturated heterocycles. The average molecular weight is 323 g/mol. The van der Waals surface area contributed by atoms with E-state index in [1.165, 1.54) is 6.33 Å². The van der Waals surface area contributed by atoms with Gasteiger partial charge in [-0.05, 0) is 24.3 Å². The number of H-pyrrole nitrogens is 2. The lowest BCUT2D eigenvalue weighted by atomic mass is 10.4. The molecule has 0 spiro atoms. The van der Waals surface area contributed by atoms with Crippen molar-refractivity contribution in [3.05, 3.63) is 54.4 Å². The number of aromatic nitrogens is 6. The molecule has 0 aromatic carbocycles. The SMILES string of the molecule is Nc1nc(-n2cccc2C=O)nc2nc[nH]c12.O=Cc1ccc[nH]1. The lowest BCUT2D eigenvalue weighted by Gasteiger charge is -2.04. The Kier molecular flexibility index (Phi) is 4.15. The van der Waals surface area contributed by atoms with E-state index >= 15 is 0 Å². The van der Waals surface area contributed by atoms with E-state index < -0.39 is 0 Å². The summed E-state index contributed by atoms with van der Waals surface area (Å²) in [6.07, 6.45) is 6.41. The van der Waals surface area contributed by atoms with E-state index in [-0.39, 0.29) is 0 Å². The zero-order valence-electron chi connectivity index (χ0n) is 12.4. The molecule has 0 unspecified atom stereocenters. The smallest absolute Gasteiger partial charge is 0.238 e. The van der Waals surface area contributed by atoms with E-state index in [0.717, 1.165) is 12.6 Å². The van der Waals surface area contributed by atoms with Crippen molar-refractivity contribution in [1.82, 2.24) is 29.5 Å². The molecule has 0 radical (unpaired) electrons. The number of carbonyl (C=O) groups is 2. The first kappa shape index (κ1) is 15.2. The van der Waals surface area contributed by atoms with Gasteiger partial charge < -0.3 is 15.7 Å². The first-order valence-corrected chi connectivity index (χ1v) is 6.91. The number of fused-ring (bicyclic) bond motifs is 1. The summed E-state index contributed by atoms with van der Waals surface area (Å²) in [7, 11) is 0. The van der Waals surface area contributed by atoms with Crippen LogP contribution < -0.4 is 5.73 Å². The Morgan fingerprint density at radius 1 is 1.08 bits per heavy atom. The minimum absolute atomic E-state index is 0.299. The van der Waals surface area contributed by atoms with Gasteiger partial charge in [-0.1, -0.05) is 0 Å². The second kappa shape index (κ2) is 6.57. The Labute approximate surface area is 135 Å². The Bertz CT molecular complexity index is 969. The van der Waals surface area contributed by atoms with E-state index in [0.29, 0.717) is 34.3 Å². The van der Waals surface area contributed by atoms with Crippen molar-refractivity contribution in [2.45, 2.75) is 0 Å². The van der Waals surface area contributed by atoms with Gasteiger partial charge in [0, 0.05) is 12.4 Å². The summed E-state index contributed by atoms with van der Waals surface area (Å²) in [5.74, 6) is 0.627. The fourth-order valence-corrected chi connectivity index (χ4v) is 2.04. The van der Waals surface area contributed by atoms with Crippen LogP contribution in [0.3, 0.4) is 0 Å². The number of hydrogen-bond donors (Lipinski definition) is 3. The molecule has 4 heterocycles. The molecule has 0 aliphatic heterocycles. The number of aldehydes is 2. The van der Waals surface area contributed by atoms with E-state index in [2.05, 4.69) is 24.9 Å². The molecule has 120 valence electrons. The highest BCUT2D eigenvalue weighted by molar-refractivity contribution is 5.82. The number of nitrogens with one attached hydrogen (secondary N) is 2. The molecule has 0 aliphatic carbocycles. The fraction of sp³-hybridized carbons (Fsp3) is 0. The number of carbonyl (C=O) groups excluding carboxylic acids is 2. The summed E-state index contributed by atoms with van der Waals surface area (Å²) in [5.41, 5.74) is 7.92. The molecule has 0 atom stereocenters. The van der Waals surface area contributed by atoms with Gasteiger partial charge in [0.1, 0.15) is 5.52 Å². The Morgan fingerprint density at radius 3 is 2.62 bits per heavy atom. The lowest BCUT2D eigenvalue weighted by molar-refractivity contribution is 0.111. The Balaban J connectivity index is 0.000000203. The maximum atomic E-state index is 10.8. The molecular formula is C15H13N7O2. The number of nitrogens with two attached hydrogens (primary N) is 1. The summed E-state index contributed by atoms with van der Waals surface area (Å²) < 4.78 is 1.55. The van der Waals surface area contributed by atoms with Crippen molar-refractivity contribution in [3.63, 3.8) is 0 Å². The summed E-state index contributed by atoms with van der Waals surface area (Å²) >= 11 is 0. The van der Waals surface area contributed by atoms with Crippen LogP contribution in [0, 0.1) is 0 Å². The normalized spacial score (nSPS) is 10.2. The van der Waals surface area contributed by atoms with Crippen molar-refractivity contribution in [3.8, 4) is 5.95 Å². The Hall–Kier alpha value is -3.75. The van der Waals surface area contributed by atoms with Crippen molar-refractivity contribution in [2.24, 2.45) is 0 Å². The standard InChI is InChI=1S/C10H8N6O.C5H5NO/c11-8-7-9(13-5-12-7)15-10(14-8)16-3-1-2-6(16)4-17;7-4-5-2-1-3-6-5/h1-5H,(H3,11,12,13,14,15);1-4,6H. The van der Waals surface area contributed by atoms with Gasteiger partial charge in [-0.25, -0.2) is 4.98 Å². The molecule has 9 nitrogen and oxygen atoms in total. The maximum absolute atomic E-state index is 10.8. The van der Waals surface area contributed by atoms with Crippen LogP contribution in [0.25, 0.3) is 17.1 Å². The summed E-state index contributed by atoms with van der Waals surface area (Å²) in [6.45, 7) is 0. The molecule has 0 aliphatic rings. The third kappa shape index (κ3) is 2.90. The zero-order valence-corrected chi connectivity index (χ0v) is 12.4. The third-order valence-corrected chi connectivity index (χ3v) is 3.17. The highest BCUT2D eigenvalue weighted by Gasteiger charge is 2.10. The predicted octanol–water partition coefficient (Wildman–Crippen LogP) is 1.37. The molecular weight excluding hydrogens is 310 g/mol. The summed E-state index contributed by atoms with van der Waals surface area (Å²) in [6, 6.07) is 6.90. The molecule has 4 aromatic rings. The highest BCUT2D eigenvalue weighted by atomic mass is 16.1. The van der Waals surface area contributed by atoms with Gasteiger partial charge in [0.2, 0.25) is 5.95 Å². The minimum atomic E-state index is 0.299. The van der Waals surface area contributed by atoms with Crippen molar-refractivity contribution in [1.29, 1.82) is 0 Å². The topological polar surface area (TPSA) is 135 Å². The zero-order chi connectivity index (χ0) is 16.9. The third-order valence-electron chi connectivity index (χ3n) is 3.17. The molecule has 4 N–H and O–H groups in total. The quantitative estimate of drug-likeness (QED) is 0.487. The van der Waals surface area contributed by atoms with Gasteiger partial charge in [-0.2, -0.15) is 9.97 Å². The predicted molar refractivity (Wildman–Crippen MR) is 87.0 cm³/mol. The molecule has 24 heavy (non-hydrogen) atoms. The van der Waals surface area contributed by atoms with E-state index in [9.17, 15) is 9.59 Å². The van der Waals surface area contributed by atoms with Crippen LogP contribution in [0.1, 0.15) is 21.0 Å². The van der Waals surface area contributed by atoms with Crippen LogP contribution in [0.4, 0.5) is 5.82 Å². The molecule has 4 rings (SSSR count). The van der Waals surface area contributed by atoms with Crippen LogP contribution in [-0.2, 0) is 0 Å². The first-order chi connectivity index (χ1) is 11.7. The maximum Gasteiger partial charge on any atom is 0.238 e. The fourth-order valence-electron chi connectivity index (χ4n) is 2.04. The average Bonchev–Trinajstić information content (AvgIpc) is 3.34. The molecule has 0 bridgehead atoms. The van der Waals surface area contributed by atoms with Crippen molar-refractivity contribution in [2.75, 3.05) is 5.73 Å². The molecule has 0 amide bonds. The lowest BCUT2D eigenvalue weighted by Crippen LogP contribution is -2.06. The number of imidazole rings is 1. The van der Waals surface area contributed by atoms with E-state index in [4.69, 9.17) is 5.73 Å². The minimum Gasteiger partial charge on any atom is -0.382 e. The second-order valence-electron chi connectivity index (χ2n) is 4.67. The van der Waals surface area contributed by atoms with Gasteiger partial charge in [-0.3, -0.25) is 14.2 Å². The monoisotopic (exact) mass is 323 g/mol.